The number of hydrogen-bond acceptors (Lipinski definition) is 4. The minimum atomic E-state index is -1.64. The molecule has 37 heavy (non-hydrogen) atoms. The number of hydrogen-bond donors (Lipinski definition) is 0. The van der Waals surface area contributed by atoms with Crippen LogP contribution in [0, 0.1) is 22.5 Å². The third-order valence-electron chi connectivity index (χ3n) is 8.00. The van der Waals surface area contributed by atoms with Gasteiger partial charge in [0, 0.05) is 33.7 Å². The van der Waals surface area contributed by atoms with Crippen molar-refractivity contribution in [2.45, 2.75) is 38.8 Å². The average Bonchev–Trinajstić information content (AvgIpc) is 3.29. The van der Waals surface area contributed by atoms with Crippen molar-refractivity contribution in [1.29, 1.82) is 0 Å². The Kier molecular flexibility index (Phi) is 4.94. The van der Waals surface area contributed by atoms with E-state index in [1.165, 1.54) is 24.3 Å². The van der Waals surface area contributed by atoms with Gasteiger partial charge in [0.25, 0.3) is 0 Å². The molecule has 0 amide bonds. The number of carbonyl (C=O) groups is 3. The van der Waals surface area contributed by atoms with E-state index in [0.717, 1.165) is 0 Å². The smallest absolute Gasteiger partial charge is 0.180 e. The van der Waals surface area contributed by atoms with E-state index in [0.29, 0.717) is 27.9 Å². The monoisotopic (exact) mass is 497 g/mol. The van der Waals surface area contributed by atoms with E-state index >= 15 is 0 Å². The van der Waals surface area contributed by atoms with Gasteiger partial charge in [0.15, 0.2) is 17.3 Å². The summed E-state index contributed by atoms with van der Waals surface area (Å²) in [5.74, 6) is -2.64. The lowest BCUT2D eigenvalue weighted by Gasteiger charge is -2.38. The highest BCUT2D eigenvalue weighted by molar-refractivity contribution is 6.32. The van der Waals surface area contributed by atoms with Gasteiger partial charge in [-0.1, -0.05) is 69.3 Å². The van der Waals surface area contributed by atoms with Crippen molar-refractivity contribution in [2.75, 3.05) is 4.90 Å². The molecule has 6 rings (SSSR count). The van der Waals surface area contributed by atoms with Crippen molar-refractivity contribution in [3.63, 3.8) is 0 Å². The van der Waals surface area contributed by atoms with Gasteiger partial charge in [-0.25, -0.2) is 8.78 Å². The summed E-state index contributed by atoms with van der Waals surface area (Å²) in [6.45, 7) is 5.40. The molecule has 1 aliphatic carbocycles. The Labute approximate surface area is 213 Å². The van der Waals surface area contributed by atoms with Gasteiger partial charge in [0.1, 0.15) is 17.0 Å². The molecule has 2 aliphatic heterocycles. The Morgan fingerprint density at radius 1 is 0.865 bits per heavy atom. The van der Waals surface area contributed by atoms with E-state index in [2.05, 4.69) is 0 Å². The summed E-state index contributed by atoms with van der Waals surface area (Å²) in [5, 5.41) is 0. The van der Waals surface area contributed by atoms with Crippen LogP contribution in [0.25, 0.3) is 6.08 Å². The number of nitrogens with zero attached hydrogens (tertiary/aromatic N) is 1. The van der Waals surface area contributed by atoms with Crippen molar-refractivity contribution in [3.05, 3.63) is 107 Å². The highest BCUT2D eigenvalue weighted by atomic mass is 19.1. The van der Waals surface area contributed by atoms with Gasteiger partial charge < -0.3 is 4.90 Å². The molecule has 6 heteroatoms. The number of rotatable bonds is 2. The van der Waals surface area contributed by atoms with Gasteiger partial charge in [0.2, 0.25) is 0 Å². The van der Waals surface area contributed by atoms with Crippen LogP contribution in [0.2, 0.25) is 0 Å². The van der Waals surface area contributed by atoms with Crippen LogP contribution in [0.3, 0.4) is 0 Å². The number of fused-ring (bicyclic) bond motifs is 5. The Bertz CT molecular complexity index is 1480. The zero-order valence-corrected chi connectivity index (χ0v) is 20.7. The number of carbonyl (C=O) groups excluding carboxylic acids is 3. The van der Waals surface area contributed by atoms with Crippen LogP contribution in [0.5, 0.6) is 0 Å². The molecule has 2 heterocycles. The van der Waals surface area contributed by atoms with Crippen LogP contribution < -0.4 is 4.90 Å². The predicted molar refractivity (Wildman–Crippen MR) is 137 cm³/mol. The van der Waals surface area contributed by atoms with Crippen LogP contribution >= 0.6 is 0 Å². The van der Waals surface area contributed by atoms with Crippen molar-refractivity contribution in [1.82, 2.24) is 0 Å². The lowest BCUT2D eigenvalue weighted by atomic mass is 9.63. The Hall–Kier alpha value is -3.93. The summed E-state index contributed by atoms with van der Waals surface area (Å²) in [6, 6.07) is 15.0. The minimum Gasteiger partial charge on any atom is -0.352 e. The molecule has 0 bridgehead atoms. The zero-order valence-electron chi connectivity index (χ0n) is 20.7. The Morgan fingerprint density at radius 3 is 2.05 bits per heavy atom. The molecule has 4 nitrogen and oxygen atoms in total. The van der Waals surface area contributed by atoms with Crippen LogP contribution in [-0.4, -0.2) is 29.4 Å². The molecule has 3 atom stereocenters. The third kappa shape index (κ3) is 3.08. The first-order valence-electron chi connectivity index (χ1n) is 12.3. The molecular weight excluding hydrogens is 472 g/mol. The van der Waals surface area contributed by atoms with Gasteiger partial charge in [-0.05, 0) is 35.9 Å². The molecule has 3 aromatic carbocycles. The third-order valence-corrected chi connectivity index (χ3v) is 8.00. The number of ketones is 3. The Balaban J connectivity index is 1.70. The first kappa shape index (κ1) is 23.5. The van der Waals surface area contributed by atoms with Crippen LogP contribution in [0.15, 0.2) is 72.8 Å². The lowest BCUT2D eigenvalue weighted by molar-refractivity contribution is -0.127. The fourth-order valence-corrected chi connectivity index (χ4v) is 6.43. The fraction of sp³-hybridized carbons (Fsp3) is 0.258. The van der Waals surface area contributed by atoms with Gasteiger partial charge in [-0.15, -0.1) is 0 Å². The number of anilines is 1. The number of halogens is 2. The first-order valence-corrected chi connectivity index (χ1v) is 12.3. The summed E-state index contributed by atoms with van der Waals surface area (Å²) in [5.41, 5.74) is -0.146. The molecule has 3 aromatic rings. The van der Waals surface area contributed by atoms with Crippen LogP contribution in [0.1, 0.15) is 58.5 Å². The van der Waals surface area contributed by atoms with Crippen LogP contribution in [0.4, 0.5) is 14.5 Å². The maximum Gasteiger partial charge on any atom is 0.180 e. The lowest BCUT2D eigenvalue weighted by Crippen LogP contribution is -2.49. The molecular formula is C31H25F2NO3. The summed E-state index contributed by atoms with van der Waals surface area (Å²) in [6.07, 6.45) is 3.46. The van der Waals surface area contributed by atoms with Crippen molar-refractivity contribution in [2.24, 2.45) is 10.8 Å². The van der Waals surface area contributed by atoms with E-state index in [4.69, 9.17) is 0 Å². The number of Topliss-reactive ketones (excluding diaryl/α,β-unsaturated/α-hetero) is 3. The molecule has 0 N–H and O–H groups in total. The van der Waals surface area contributed by atoms with Crippen molar-refractivity contribution >= 4 is 29.1 Å². The SMILES string of the molecule is CC(C)(C)C(=O)[C@@H]1[C@H](c2ccc(F)cc2)C2(C(=O)c3ccccc3C2=O)[C@H]2C=Cc3cc(F)ccc3N12. The average molecular weight is 498 g/mol. The molecule has 0 saturated carbocycles. The van der Waals surface area contributed by atoms with Crippen molar-refractivity contribution < 1.29 is 23.2 Å². The minimum absolute atomic E-state index is 0.161. The quantitative estimate of drug-likeness (QED) is 0.407. The van der Waals surface area contributed by atoms with Gasteiger partial charge in [-0.3, -0.25) is 14.4 Å². The predicted octanol–water partition coefficient (Wildman–Crippen LogP) is 6.01. The van der Waals surface area contributed by atoms with E-state index in [-0.39, 0.29) is 17.3 Å². The number of benzene rings is 3. The van der Waals surface area contributed by atoms with E-state index in [9.17, 15) is 23.2 Å². The van der Waals surface area contributed by atoms with E-state index < -0.39 is 40.5 Å². The second-order valence-electron chi connectivity index (χ2n) is 11.1. The Morgan fingerprint density at radius 2 is 1.46 bits per heavy atom. The standard InChI is InChI=1S/C31H25F2NO3/c1-30(2,3)29(37)26-25(17-8-11-19(32)12-9-17)31(27(35)21-6-4-5-7-22(21)28(31)36)24-15-10-18-16-20(33)13-14-23(18)34(24)26/h4-16,24-26H,1-3H3/t24-,25+,26+/m1/s1. The van der Waals surface area contributed by atoms with Crippen LogP contribution in [-0.2, 0) is 4.79 Å². The first-order chi connectivity index (χ1) is 17.6. The largest absolute Gasteiger partial charge is 0.352 e. The normalized spacial score (nSPS) is 23.3. The van der Waals surface area contributed by atoms with Gasteiger partial charge in [0.05, 0.1) is 12.1 Å². The molecule has 0 unspecified atom stereocenters. The molecule has 1 fully saturated rings. The molecule has 1 spiro atoms. The summed E-state index contributed by atoms with van der Waals surface area (Å²) >= 11 is 0. The van der Waals surface area contributed by atoms with Gasteiger partial charge >= 0.3 is 0 Å². The maximum absolute atomic E-state index is 14.4. The topological polar surface area (TPSA) is 54.5 Å². The second-order valence-corrected chi connectivity index (χ2v) is 11.1. The molecule has 1 saturated heterocycles. The molecule has 0 aromatic heterocycles. The van der Waals surface area contributed by atoms with E-state index in [1.807, 2.05) is 4.90 Å². The fourth-order valence-electron chi connectivity index (χ4n) is 6.43. The zero-order chi connectivity index (χ0) is 26.3. The summed E-state index contributed by atoms with van der Waals surface area (Å²) in [4.78, 5) is 44.9. The highest BCUT2D eigenvalue weighted by Gasteiger charge is 2.71. The molecule has 3 aliphatic rings. The van der Waals surface area contributed by atoms with E-state index in [1.54, 1.807) is 75.4 Å². The van der Waals surface area contributed by atoms with Crippen molar-refractivity contribution in [3.8, 4) is 0 Å². The summed E-state index contributed by atoms with van der Waals surface area (Å²) < 4.78 is 28.2. The molecule has 0 radical (unpaired) electrons. The highest BCUT2D eigenvalue weighted by Crippen LogP contribution is 2.61. The van der Waals surface area contributed by atoms with Gasteiger partial charge in [-0.2, -0.15) is 0 Å². The summed E-state index contributed by atoms with van der Waals surface area (Å²) in [7, 11) is 0. The maximum atomic E-state index is 14.4. The molecule has 186 valence electrons. The second kappa shape index (κ2) is 7.78.